The summed E-state index contributed by atoms with van der Waals surface area (Å²) < 4.78 is 24.3. The standard InChI is InChI=1S/C15H21FN2O3.ClH/c1-17-8-10-4-5-18(9-10)15(19)11-6-13(20-2)14(21-3)7-12(11)16;/h6-7,10,17H,4-5,8-9H2,1-3H3;1H. The Balaban J connectivity index is 0.00000242. The first-order valence-electron chi connectivity index (χ1n) is 6.96. The van der Waals surface area contributed by atoms with E-state index in [0.29, 0.717) is 24.8 Å². The average Bonchev–Trinajstić information content (AvgIpc) is 2.95. The maximum Gasteiger partial charge on any atom is 0.256 e. The molecule has 0 saturated carbocycles. The van der Waals surface area contributed by atoms with E-state index >= 15 is 0 Å². The molecule has 0 radical (unpaired) electrons. The van der Waals surface area contributed by atoms with Crippen molar-refractivity contribution in [2.75, 3.05) is 40.9 Å². The van der Waals surface area contributed by atoms with Crippen molar-refractivity contribution in [3.63, 3.8) is 0 Å². The number of nitrogens with one attached hydrogen (secondary N) is 1. The lowest BCUT2D eigenvalue weighted by Gasteiger charge is -2.18. The molecule has 0 bridgehead atoms. The first-order chi connectivity index (χ1) is 10.1. The predicted octanol–water partition coefficient (Wildman–Crippen LogP) is 1.95. The van der Waals surface area contributed by atoms with Crippen LogP contribution in [0.4, 0.5) is 4.39 Å². The van der Waals surface area contributed by atoms with Gasteiger partial charge in [0.25, 0.3) is 5.91 Å². The molecule has 7 heteroatoms. The van der Waals surface area contributed by atoms with Gasteiger partial charge in [0, 0.05) is 19.2 Å². The van der Waals surface area contributed by atoms with Crippen LogP contribution in [-0.4, -0.2) is 51.7 Å². The molecule has 0 spiro atoms. The van der Waals surface area contributed by atoms with Crippen LogP contribution in [-0.2, 0) is 0 Å². The van der Waals surface area contributed by atoms with E-state index in [0.717, 1.165) is 13.0 Å². The van der Waals surface area contributed by atoms with Gasteiger partial charge in [0.1, 0.15) is 5.82 Å². The molecule has 1 aromatic carbocycles. The molecular formula is C15H22ClFN2O3. The van der Waals surface area contributed by atoms with Gasteiger partial charge in [0.05, 0.1) is 19.8 Å². The molecule has 1 N–H and O–H groups in total. The summed E-state index contributed by atoms with van der Waals surface area (Å²) in [6, 6.07) is 2.59. The Bertz CT molecular complexity index is 528. The smallest absolute Gasteiger partial charge is 0.256 e. The van der Waals surface area contributed by atoms with Crippen LogP contribution >= 0.6 is 12.4 Å². The fourth-order valence-corrected chi connectivity index (χ4v) is 2.66. The number of carbonyl (C=O) groups excluding carboxylic acids is 1. The van der Waals surface area contributed by atoms with Crippen LogP contribution < -0.4 is 14.8 Å². The fraction of sp³-hybridized carbons (Fsp3) is 0.533. The number of nitrogens with zero attached hydrogens (tertiary/aromatic N) is 1. The summed E-state index contributed by atoms with van der Waals surface area (Å²) in [5, 5.41) is 3.11. The number of ether oxygens (including phenoxy) is 2. The number of hydrogen-bond donors (Lipinski definition) is 1. The second-order valence-electron chi connectivity index (χ2n) is 5.15. The highest BCUT2D eigenvalue weighted by atomic mass is 35.5. The Morgan fingerprint density at radius 3 is 2.59 bits per heavy atom. The average molecular weight is 333 g/mol. The van der Waals surface area contributed by atoms with E-state index in [2.05, 4.69) is 5.32 Å². The Morgan fingerprint density at radius 1 is 1.36 bits per heavy atom. The SMILES string of the molecule is CNCC1CCN(C(=O)c2cc(OC)c(OC)cc2F)C1.Cl. The zero-order valence-corrected chi connectivity index (χ0v) is 13.8. The summed E-state index contributed by atoms with van der Waals surface area (Å²) in [4.78, 5) is 14.1. The highest BCUT2D eigenvalue weighted by molar-refractivity contribution is 5.95. The van der Waals surface area contributed by atoms with E-state index in [1.807, 2.05) is 7.05 Å². The zero-order valence-electron chi connectivity index (χ0n) is 13.0. The number of hydrogen-bond acceptors (Lipinski definition) is 4. The largest absolute Gasteiger partial charge is 0.493 e. The van der Waals surface area contributed by atoms with E-state index < -0.39 is 5.82 Å². The number of methoxy groups -OCH3 is 2. The highest BCUT2D eigenvalue weighted by Gasteiger charge is 2.28. The molecule has 1 unspecified atom stereocenters. The summed E-state index contributed by atoms with van der Waals surface area (Å²) in [6.45, 7) is 2.16. The van der Waals surface area contributed by atoms with Gasteiger partial charge in [0.15, 0.2) is 11.5 Å². The number of likely N-dealkylation sites (tertiary alicyclic amines) is 1. The van der Waals surface area contributed by atoms with Crippen molar-refractivity contribution in [2.24, 2.45) is 5.92 Å². The molecule has 22 heavy (non-hydrogen) atoms. The van der Waals surface area contributed by atoms with Gasteiger partial charge >= 0.3 is 0 Å². The number of rotatable bonds is 5. The first-order valence-corrected chi connectivity index (χ1v) is 6.96. The Kier molecular flexibility index (Phi) is 6.90. The minimum atomic E-state index is -0.588. The molecule has 1 fully saturated rings. The van der Waals surface area contributed by atoms with Crippen molar-refractivity contribution in [1.29, 1.82) is 0 Å². The van der Waals surface area contributed by atoms with E-state index in [1.165, 1.54) is 26.4 Å². The lowest BCUT2D eigenvalue weighted by Crippen LogP contribution is -2.31. The molecule has 1 amide bonds. The molecule has 2 rings (SSSR count). The molecule has 1 aliphatic rings. The summed E-state index contributed by atoms with van der Waals surface area (Å²) in [7, 11) is 4.78. The minimum Gasteiger partial charge on any atom is -0.493 e. The highest BCUT2D eigenvalue weighted by Crippen LogP contribution is 2.31. The van der Waals surface area contributed by atoms with Gasteiger partial charge < -0.3 is 19.7 Å². The van der Waals surface area contributed by atoms with Crippen molar-refractivity contribution >= 4 is 18.3 Å². The lowest BCUT2D eigenvalue weighted by atomic mass is 10.1. The summed E-state index contributed by atoms with van der Waals surface area (Å²) in [5.41, 5.74) is 0.0257. The number of carbonyl (C=O) groups is 1. The van der Waals surface area contributed by atoms with Gasteiger partial charge in [-0.05, 0) is 32.0 Å². The molecule has 0 aromatic heterocycles. The molecule has 1 aliphatic heterocycles. The van der Waals surface area contributed by atoms with Gasteiger partial charge in [-0.2, -0.15) is 0 Å². The Hall–Kier alpha value is -1.53. The van der Waals surface area contributed by atoms with E-state index in [4.69, 9.17) is 9.47 Å². The second kappa shape index (κ2) is 8.19. The van der Waals surface area contributed by atoms with Crippen LogP contribution in [0.2, 0.25) is 0 Å². The molecule has 0 aliphatic carbocycles. The lowest BCUT2D eigenvalue weighted by molar-refractivity contribution is 0.0782. The van der Waals surface area contributed by atoms with Gasteiger partial charge in [-0.1, -0.05) is 0 Å². The van der Waals surface area contributed by atoms with Crippen LogP contribution in [0.3, 0.4) is 0 Å². The van der Waals surface area contributed by atoms with Crippen molar-refractivity contribution < 1.29 is 18.7 Å². The van der Waals surface area contributed by atoms with Crippen molar-refractivity contribution in [1.82, 2.24) is 10.2 Å². The van der Waals surface area contributed by atoms with Crippen LogP contribution in [0.15, 0.2) is 12.1 Å². The van der Waals surface area contributed by atoms with Crippen LogP contribution in [0.25, 0.3) is 0 Å². The predicted molar refractivity (Wildman–Crippen MR) is 84.7 cm³/mol. The maximum atomic E-state index is 14.1. The Labute approximate surface area is 136 Å². The maximum absolute atomic E-state index is 14.1. The summed E-state index contributed by atoms with van der Waals surface area (Å²) >= 11 is 0. The van der Waals surface area contributed by atoms with E-state index in [9.17, 15) is 9.18 Å². The van der Waals surface area contributed by atoms with Gasteiger partial charge in [-0.3, -0.25) is 4.79 Å². The molecule has 1 aromatic rings. The Morgan fingerprint density at radius 2 is 2.00 bits per heavy atom. The third kappa shape index (κ3) is 3.81. The second-order valence-corrected chi connectivity index (χ2v) is 5.15. The molecular weight excluding hydrogens is 311 g/mol. The number of benzene rings is 1. The first kappa shape index (κ1) is 18.5. The molecule has 1 saturated heterocycles. The third-order valence-corrected chi connectivity index (χ3v) is 3.77. The zero-order chi connectivity index (χ0) is 15.4. The van der Waals surface area contributed by atoms with Gasteiger partial charge in [0.2, 0.25) is 0 Å². The topological polar surface area (TPSA) is 50.8 Å². The summed E-state index contributed by atoms with van der Waals surface area (Å²) in [5.74, 6) is 0.165. The van der Waals surface area contributed by atoms with E-state index in [-0.39, 0.29) is 29.6 Å². The summed E-state index contributed by atoms with van der Waals surface area (Å²) in [6.07, 6.45) is 0.932. The monoisotopic (exact) mass is 332 g/mol. The quantitative estimate of drug-likeness (QED) is 0.895. The molecule has 5 nitrogen and oxygen atoms in total. The van der Waals surface area contributed by atoms with Crippen LogP contribution in [0, 0.1) is 11.7 Å². The fourth-order valence-electron chi connectivity index (χ4n) is 2.66. The van der Waals surface area contributed by atoms with Crippen molar-refractivity contribution in [3.8, 4) is 11.5 Å². The normalized spacial score (nSPS) is 17.1. The van der Waals surface area contributed by atoms with Crippen LogP contribution in [0.5, 0.6) is 11.5 Å². The molecule has 1 atom stereocenters. The minimum absolute atomic E-state index is 0. The molecule has 1 heterocycles. The van der Waals surface area contributed by atoms with Gasteiger partial charge in [-0.25, -0.2) is 4.39 Å². The van der Waals surface area contributed by atoms with E-state index in [1.54, 1.807) is 4.90 Å². The van der Waals surface area contributed by atoms with Gasteiger partial charge in [-0.15, -0.1) is 12.4 Å². The molecule has 124 valence electrons. The van der Waals surface area contributed by atoms with Crippen molar-refractivity contribution in [2.45, 2.75) is 6.42 Å². The number of amides is 1. The van der Waals surface area contributed by atoms with Crippen molar-refractivity contribution in [3.05, 3.63) is 23.5 Å². The number of halogens is 2. The third-order valence-electron chi connectivity index (χ3n) is 3.77. The van der Waals surface area contributed by atoms with Crippen LogP contribution in [0.1, 0.15) is 16.8 Å².